The molecule has 1 heterocycles. The number of carbonyl (C=O) groups excluding carboxylic acids is 2. The van der Waals surface area contributed by atoms with Gasteiger partial charge in [-0.25, -0.2) is 0 Å². The number of aliphatic hydroxyl groups excluding tert-OH is 1. The van der Waals surface area contributed by atoms with Crippen LogP contribution in [0.25, 0.3) is 4.98 Å². The number of hydrogen-bond acceptors (Lipinski definition) is 5. The number of likely N-dealkylation sites (N-methyl/N-ethyl adjacent to an activating group) is 1. The summed E-state index contributed by atoms with van der Waals surface area (Å²) in [6.07, 6.45) is 0.962. The van der Waals surface area contributed by atoms with Crippen molar-refractivity contribution in [2.45, 2.75) is 26.4 Å². The molecule has 1 N–H and O–H groups in total. The summed E-state index contributed by atoms with van der Waals surface area (Å²) in [5.74, 6) is -1.94. The number of carbonyl (C=O) groups is 2. The Morgan fingerprint density at radius 1 is 1.39 bits per heavy atom. The first kappa shape index (κ1) is 13.7. The summed E-state index contributed by atoms with van der Waals surface area (Å²) >= 11 is 0. The van der Waals surface area contributed by atoms with E-state index in [-0.39, 0.29) is 5.57 Å². The van der Waals surface area contributed by atoms with Gasteiger partial charge in [0.15, 0.2) is 4.98 Å². The number of aliphatic hydroxyl groups is 1. The van der Waals surface area contributed by atoms with Crippen molar-refractivity contribution in [2.75, 3.05) is 7.05 Å². The normalized spacial score (nSPS) is 17.3. The molecule has 18 heavy (non-hydrogen) atoms. The number of amides is 2. The molecule has 0 aromatic rings. The minimum absolute atomic E-state index is 0.216. The van der Waals surface area contributed by atoms with Gasteiger partial charge in [-0.05, 0) is 20.8 Å². The van der Waals surface area contributed by atoms with Gasteiger partial charge in [0, 0.05) is 13.1 Å². The zero-order valence-electron chi connectivity index (χ0n) is 10.6. The number of hydrogen-bond donors (Lipinski definition) is 1. The molecule has 0 saturated carbocycles. The predicted molar refractivity (Wildman–Crippen MR) is 61.4 cm³/mol. The fourth-order valence-electron chi connectivity index (χ4n) is 1.34. The summed E-state index contributed by atoms with van der Waals surface area (Å²) in [5, 5.41) is 18.3. The lowest BCUT2D eigenvalue weighted by molar-refractivity contribution is -0.135. The Hall–Kier alpha value is -2.36. The molecule has 1 aliphatic heterocycles. The highest BCUT2D eigenvalue weighted by atomic mass is 16.6. The lowest BCUT2D eigenvalue weighted by atomic mass is 10.2. The third kappa shape index (κ3) is 2.66. The van der Waals surface area contributed by atoms with Gasteiger partial charge >= 0.3 is 11.6 Å². The molecule has 0 bridgehead atoms. The van der Waals surface area contributed by atoms with Crippen molar-refractivity contribution < 1.29 is 19.4 Å². The van der Waals surface area contributed by atoms with Crippen LogP contribution in [0.1, 0.15) is 20.8 Å². The van der Waals surface area contributed by atoms with E-state index in [4.69, 9.17) is 10.1 Å². The van der Waals surface area contributed by atoms with Crippen LogP contribution in [0.3, 0.4) is 0 Å². The minimum Gasteiger partial charge on any atom is -0.481 e. The van der Waals surface area contributed by atoms with Crippen LogP contribution in [0, 0.1) is 5.39 Å². The average Bonchev–Trinajstić information content (AvgIpc) is 2.41. The highest BCUT2D eigenvalue weighted by molar-refractivity contribution is 6.21. The summed E-state index contributed by atoms with van der Waals surface area (Å²) in [6.45, 7) is 5.11. The highest BCUT2D eigenvalue weighted by Crippen LogP contribution is 2.23. The lowest BCUT2D eigenvalue weighted by Crippen LogP contribution is -2.26. The van der Waals surface area contributed by atoms with Crippen molar-refractivity contribution in [2.24, 2.45) is 0 Å². The third-order valence-electron chi connectivity index (χ3n) is 2.08. The van der Waals surface area contributed by atoms with Crippen LogP contribution < -0.4 is 0 Å². The molecule has 0 radical (unpaired) electrons. The Labute approximate surface area is 104 Å². The van der Waals surface area contributed by atoms with Crippen molar-refractivity contribution in [3.05, 3.63) is 28.3 Å². The Bertz CT molecular complexity index is 505. The van der Waals surface area contributed by atoms with Gasteiger partial charge in [0.1, 0.15) is 11.2 Å². The van der Waals surface area contributed by atoms with Crippen molar-refractivity contribution in [1.29, 1.82) is 5.39 Å². The SMILES string of the molecule is CN1C(=O)C(/C=C(\O)OC(C)(C)C)=C([N+]#N)C1=O. The number of imide groups is 1. The van der Waals surface area contributed by atoms with E-state index in [1.807, 2.05) is 0 Å². The summed E-state index contributed by atoms with van der Waals surface area (Å²) in [5.41, 5.74) is -1.30. The van der Waals surface area contributed by atoms with Crippen molar-refractivity contribution in [1.82, 2.24) is 4.90 Å². The third-order valence-corrected chi connectivity index (χ3v) is 2.08. The maximum Gasteiger partial charge on any atom is 0.462 e. The molecule has 96 valence electrons. The van der Waals surface area contributed by atoms with Gasteiger partial charge in [-0.3, -0.25) is 14.5 Å². The van der Waals surface area contributed by atoms with E-state index in [0.717, 1.165) is 11.0 Å². The van der Waals surface area contributed by atoms with Gasteiger partial charge in [0.2, 0.25) is 5.39 Å². The van der Waals surface area contributed by atoms with Gasteiger partial charge in [-0.2, -0.15) is 0 Å². The summed E-state index contributed by atoms with van der Waals surface area (Å²) in [7, 11) is 1.25. The van der Waals surface area contributed by atoms with Gasteiger partial charge < -0.3 is 9.84 Å². The molecule has 2 amide bonds. The van der Waals surface area contributed by atoms with Crippen LogP contribution in [0.5, 0.6) is 0 Å². The van der Waals surface area contributed by atoms with Crippen molar-refractivity contribution in [3.8, 4) is 0 Å². The van der Waals surface area contributed by atoms with Crippen LogP contribution >= 0.6 is 0 Å². The second-order valence-corrected chi connectivity index (χ2v) is 4.73. The van der Waals surface area contributed by atoms with Gasteiger partial charge in [-0.15, -0.1) is 0 Å². The van der Waals surface area contributed by atoms with Crippen molar-refractivity contribution >= 4 is 11.8 Å². The monoisotopic (exact) mass is 252 g/mol. The highest BCUT2D eigenvalue weighted by Gasteiger charge is 2.45. The number of nitrogens with zero attached hydrogens (tertiary/aromatic N) is 3. The van der Waals surface area contributed by atoms with Crippen LogP contribution in [0.15, 0.2) is 23.3 Å². The molecule has 0 aromatic heterocycles. The first-order valence-corrected chi connectivity index (χ1v) is 5.19. The summed E-state index contributed by atoms with van der Waals surface area (Å²) in [4.78, 5) is 26.7. The second kappa shape index (κ2) is 4.49. The second-order valence-electron chi connectivity index (χ2n) is 4.73. The maximum atomic E-state index is 11.7. The minimum atomic E-state index is -0.739. The van der Waals surface area contributed by atoms with E-state index in [2.05, 4.69) is 4.98 Å². The summed E-state index contributed by atoms with van der Waals surface area (Å²) in [6, 6.07) is 0. The molecule has 0 saturated heterocycles. The van der Waals surface area contributed by atoms with E-state index in [9.17, 15) is 14.7 Å². The van der Waals surface area contributed by atoms with E-state index < -0.39 is 29.1 Å². The zero-order chi connectivity index (χ0) is 14.1. The summed E-state index contributed by atoms with van der Waals surface area (Å²) < 4.78 is 5.09. The number of diazo groups is 1. The Morgan fingerprint density at radius 2 is 1.94 bits per heavy atom. The van der Waals surface area contributed by atoms with E-state index in [0.29, 0.717) is 0 Å². The predicted octanol–water partition coefficient (Wildman–Crippen LogP) is 1.31. The van der Waals surface area contributed by atoms with Crippen LogP contribution in [-0.4, -0.2) is 34.5 Å². The molecule has 0 aliphatic carbocycles. The lowest BCUT2D eigenvalue weighted by Gasteiger charge is -2.19. The first-order valence-electron chi connectivity index (χ1n) is 5.19. The van der Waals surface area contributed by atoms with Gasteiger partial charge in [0.25, 0.3) is 11.9 Å². The topological polar surface area (TPSA) is 95.0 Å². The zero-order valence-corrected chi connectivity index (χ0v) is 10.6. The first-order chi connectivity index (χ1) is 8.17. The molecular formula is C11H14N3O4+. The van der Waals surface area contributed by atoms with Gasteiger partial charge in [-0.1, -0.05) is 0 Å². The smallest absolute Gasteiger partial charge is 0.462 e. The standard InChI is InChI=1S/C11H13N3O4/c1-11(2,3)18-7(15)5-6-8(13-12)10(17)14(4)9(6)16/h5H,1-4H3/p+1. The molecular weight excluding hydrogens is 238 g/mol. The van der Waals surface area contributed by atoms with Gasteiger partial charge in [0.05, 0.1) is 0 Å². The molecule has 7 heteroatoms. The largest absolute Gasteiger partial charge is 0.481 e. The Kier molecular flexibility index (Phi) is 3.42. The molecule has 0 aromatic carbocycles. The van der Waals surface area contributed by atoms with E-state index >= 15 is 0 Å². The average molecular weight is 252 g/mol. The molecule has 0 fully saturated rings. The van der Waals surface area contributed by atoms with Crippen LogP contribution in [0.2, 0.25) is 0 Å². The van der Waals surface area contributed by atoms with E-state index in [1.54, 1.807) is 20.8 Å². The number of rotatable bonds is 2. The molecule has 0 unspecified atom stereocenters. The Balaban J connectivity index is 3.13. The van der Waals surface area contributed by atoms with Crippen LogP contribution in [0.4, 0.5) is 0 Å². The fraction of sp³-hybridized carbons (Fsp3) is 0.455. The van der Waals surface area contributed by atoms with E-state index in [1.165, 1.54) is 7.05 Å². The fourth-order valence-corrected chi connectivity index (χ4v) is 1.34. The quantitative estimate of drug-likeness (QED) is 0.454. The molecule has 0 spiro atoms. The Morgan fingerprint density at radius 3 is 2.39 bits per heavy atom. The molecule has 1 aliphatic rings. The number of ether oxygens (including phenoxy) is 1. The van der Waals surface area contributed by atoms with Crippen LogP contribution in [-0.2, 0) is 14.3 Å². The van der Waals surface area contributed by atoms with Crippen molar-refractivity contribution in [3.63, 3.8) is 0 Å². The molecule has 0 atom stereocenters. The molecule has 1 rings (SSSR count). The molecule has 7 nitrogen and oxygen atoms in total. The maximum absolute atomic E-state index is 11.7.